The van der Waals surface area contributed by atoms with Crippen molar-refractivity contribution >= 4 is 11.9 Å². The van der Waals surface area contributed by atoms with Crippen molar-refractivity contribution < 1.29 is 49.0 Å². The van der Waals surface area contributed by atoms with Crippen molar-refractivity contribution in [3.63, 3.8) is 0 Å². The molecular weight excluding hydrogens is 737 g/mol. The van der Waals surface area contributed by atoms with Crippen LogP contribution >= 0.6 is 0 Å². The van der Waals surface area contributed by atoms with Crippen LogP contribution < -0.4 is 0 Å². The molecule has 342 valence electrons. The molecule has 1 fully saturated rings. The Morgan fingerprint density at radius 3 is 1.36 bits per heavy atom. The van der Waals surface area contributed by atoms with Crippen LogP contribution in [-0.4, -0.2) is 89.0 Å². The van der Waals surface area contributed by atoms with Crippen LogP contribution in [0.4, 0.5) is 0 Å². The zero-order valence-corrected chi connectivity index (χ0v) is 37.3. The maximum Gasteiger partial charge on any atom is 0.306 e. The van der Waals surface area contributed by atoms with E-state index in [0.717, 1.165) is 57.8 Å². The minimum atomic E-state index is -1.59. The third kappa shape index (κ3) is 30.5. The lowest BCUT2D eigenvalue weighted by molar-refractivity contribution is -0.305. The second kappa shape index (κ2) is 39.6. The molecule has 10 heteroatoms. The van der Waals surface area contributed by atoms with Gasteiger partial charge in [-0.3, -0.25) is 9.59 Å². The highest BCUT2D eigenvalue weighted by atomic mass is 16.7. The number of ether oxygens (including phenoxy) is 4. The number of rotatable bonds is 41. The fourth-order valence-corrected chi connectivity index (χ4v) is 7.54. The summed E-state index contributed by atoms with van der Waals surface area (Å²) in [5, 5.41) is 40.1. The Balaban J connectivity index is 2.26. The van der Waals surface area contributed by atoms with Gasteiger partial charge in [-0.25, -0.2) is 0 Å². The third-order valence-electron chi connectivity index (χ3n) is 11.4. The number of carbonyl (C=O) groups is 2. The molecule has 0 bridgehead atoms. The van der Waals surface area contributed by atoms with Crippen molar-refractivity contribution in [2.45, 2.75) is 263 Å². The molecule has 0 spiro atoms. The summed E-state index contributed by atoms with van der Waals surface area (Å²) in [6.07, 6.45) is 35.1. The number of aliphatic hydroxyl groups excluding tert-OH is 4. The molecule has 4 N–H and O–H groups in total. The molecule has 1 saturated heterocycles. The first-order chi connectivity index (χ1) is 28.3. The Morgan fingerprint density at radius 2 is 0.914 bits per heavy atom. The first-order valence-corrected chi connectivity index (χ1v) is 24.3. The molecule has 1 aliphatic heterocycles. The van der Waals surface area contributed by atoms with E-state index < -0.39 is 49.4 Å². The molecule has 0 aliphatic carbocycles. The van der Waals surface area contributed by atoms with Crippen molar-refractivity contribution in [2.24, 2.45) is 0 Å². The predicted molar refractivity (Wildman–Crippen MR) is 233 cm³/mol. The zero-order valence-electron chi connectivity index (χ0n) is 37.3. The highest BCUT2D eigenvalue weighted by Crippen LogP contribution is 2.23. The van der Waals surface area contributed by atoms with Crippen LogP contribution in [0, 0.1) is 0 Å². The van der Waals surface area contributed by atoms with Crippen LogP contribution in [0.3, 0.4) is 0 Å². The predicted octanol–water partition coefficient (Wildman–Crippen LogP) is 10.7. The van der Waals surface area contributed by atoms with Crippen LogP contribution in [0.25, 0.3) is 0 Å². The molecule has 1 rings (SSSR count). The average Bonchev–Trinajstić information content (AvgIpc) is 3.22. The fraction of sp³-hybridized carbons (Fsp3) is 0.917. The molecule has 0 saturated carbocycles. The van der Waals surface area contributed by atoms with Gasteiger partial charge in [-0.2, -0.15) is 0 Å². The Kier molecular flexibility index (Phi) is 37.2. The lowest BCUT2D eigenvalue weighted by Crippen LogP contribution is -2.59. The van der Waals surface area contributed by atoms with Gasteiger partial charge in [0.05, 0.1) is 13.2 Å². The van der Waals surface area contributed by atoms with Crippen LogP contribution in [0.5, 0.6) is 0 Å². The molecule has 2 unspecified atom stereocenters. The van der Waals surface area contributed by atoms with Gasteiger partial charge >= 0.3 is 11.9 Å². The minimum absolute atomic E-state index is 0.216. The Labute approximate surface area is 354 Å². The average molecular weight is 827 g/mol. The zero-order chi connectivity index (χ0) is 42.3. The molecule has 0 aromatic rings. The van der Waals surface area contributed by atoms with Gasteiger partial charge < -0.3 is 39.4 Å². The second-order valence-corrected chi connectivity index (χ2v) is 16.9. The lowest BCUT2D eigenvalue weighted by atomic mass is 9.99. The summed E-state index contributed by atoms with van der Waals surface area (Å²) in [6, 6.07) is 0. The van der Waals surface area contributed by atoms with Crippen LogP contribution in [0.1, 0.15) is 226 Å². The van der Waals surface area contributed by atoms with Gasteiger partial charge in [0.25, 0.3) is 0 Å². The highest BCUT2D eigenvalue weighted by molar-refractivity contribution is 5.70. The monoisotopic (exact) mass is 827 g/mol. The SMILES string of the molecule is CCCCCC/C=C/CCCCCCCC(=O)OC[C@H](CO[C@@H]1O[C@H](CO)[C@H](O)C(O)C1O)OC(=O)CCCCCCCCCCCCCCCCCCCCCC. The summed E-state index contributed by atoms with van der Waals surface area (Å²) in [6.45, 7) is 3.43. The van der Waals surface area contributed by atoms with E-state index in [-0.39, 0.29) is 32.0 Å². The van der Waals surface area contributed by atoms with Crippen LogP contribution in [0.2, 0.25) is 0 Å². The number of allylic oxidation sites excluding steroid dienone is 2. The van der Waals surface area contributed by atoms with Gasteiger partial charge in [-0.15, -0.1) is 0 Å². The third-order valence-corrected chi connectivity index (χ3v) is 11.4. The summed E-state index contributed by atoms with van der Waals surface area (Å²) in [5.41, 5.74) is 0. The Morgan fingerprint density at radius 1 is 0.517 bits per heavy atom. The standard InChI is InChI=1S/C48H90O10/c1-3-5-7-9-11-13-15-17-18-19-20-21-22-23-25-27-29-31-33-35-37-44(51)57-41(40-56-48-47(54)46(53)45(52)42(38-49)58-48)39-55-43(50)36-34-32-30-28-26-24-16-14-12-10-8-6-4-2/h14,16,41-42,45-49,52-54H,3-13,15,17-40H2,1-2H3/b16-14+/t41-,42-,45+,46?,47?,48-/m1/s1. The molecule has 0 radical (unpaired) electrons. The molecular formula is C48H90O10. The molecule has 10 nitrogen and oxygen atoms in total. The molecule has 0 aromatic carbocycles. The lowest BCUT2D eigenvalue weighted by Gasteiger charge is -2.39. The normalized spacial score (nSPS) is 20.1. The molecule has 6 atom stereocenters. The van der Waals surface area contributed by atoms with Gasteiger partial charge in [0.1, 0.15) is 31.0 Å². The van der Waals surface area contributed by atoms with Crippen LogP contribution in [-0.2, 0) is 28.5 Å². The summed E-state index contributed by atoms with van der Waals surface area (Å²) in [7, 11) is 0. The summed E-state index contributed by atoms with van der Waals surface area (Å²) in [4.78, 5) is 25.4. The van der Waals surface area contributed by atoms with Crippen LogP contribution in [0.15, 0.2) is 12.2 Å². The topological polar surface area (TPSA) is 152 Å². The first-order valence-electron chi connectivity index (χ1n) is 24.3. The maximum absolute atomic E-state index is 12.8. The second-order valence-electron chi connectivity index (χ2n) is 16.9. The van der Waals surface area contributed by atoms with E-state index in [1.807, 2.05) is 0 Å². The number of aliphatic hydroxyl groups is 4. The van der Waals surface area contributed by atoms with Gasteiger partial charge in [0.2, 0.25) is 0 Å². The van der Waals surface area contributed by atoms with Gasteiger partial charge in [-0.05, 0) is 38.5 Å². The molecule has 58 heavy (non-hydrogen) atoms. The van der Waals surface area contributed by atoms with E-state index in [0.29, 0.717) is 6.42 Å². The smallest absolute Gasteiger partial charge is 0.306 e. The Hall–Kier alpha value is -1.56. The Bertz CT molecular complexity index is 959. The largest absolute Gasteiger partial charge is 0.462 e. The summed E-state index contributed by atoms with van der Waals surface area (Å²) in [5.74, 6) is -0.804. The van der Waals surface area contributed by atoms with Crippen molar-refractivity contribution in [3.05, 3.63) is 12.2 Å². The van der Waals surface area contributed by atoms with Crippen molar-refractivity contribution in [1.29, 1.82) is 0 Å². The molecule has 1 aliphatic rings. The van der Waals surface area contributed by atoms with Crippen molar-refractivity contribution in [2.75, 3.05) is 19.8 Å². The fourth-order valence-electron chi connectivity index (χ4n) is 7.54. The number of hydrogen-bond acceptors (Lipinski definition) is 10. The van der Waals surface area contributed by atoms with Crippen molar-refractivity contribution in [1.82, 2.24) is 0 Å². The van der Waals surface area contributed by atoms with E-state index in [9.17, 15) is 30.0 Å². The van der Waals surface area contributed by atoms with E-state index in [4.69, 9.17) is 18.9 Å². The number of carbonyl (C=O) groups excluding carboxylic acids is 2. The number of esters is 2. The van der Waals surface area contributed by atoms with E-state index >= 15 is 0 Å². The molecule has 1 heterocycles. The van der Waals surface area contributed by atoms with Gasteiger partial charge in [-0.1, -0.05) is 187 Å². The maximum atomic E-state index is 12.8. The molecule has 0 aromatic heterocycles. The number of unbranched alkanes of at least 4 members (excludes halogenated alkanes) is 28. The molecule has 0 amide bonds. The number of hydrogen-bond donors (Lipinski definition) is 4. The summed E-state index contributed by atoms with van der Waals surface area (Å²) < 4.78 is 22.2. The minimum Gasteiger partial charge on any atom is -0.462 e. The van der Waals surface area contributed by atoms with Gasteiger partial charge in [0.15, 0.2) is 12.4 Å². The van der Waals surface area contributed by atoms with Gasteiger partial charge in [0, 0.05) is 12.8 Å². The van der Waals surface area contributed by atoms with E-state index in [2.05, 4.69) is 26.0 Å². The van der Waals surface area contributed by atoms with E-state index in [1.54, 1.807) is 0 Å². The highest BCUT2D eigenvalue weighted by Gasteiger charge is 2.44. The van der Waals surface area contributed by atoms with E-state index in [1.165, 1.54) is 135 Å². The quantitative estimate of drug-likeness (QED) is 0.0266. The first kappa shape index (κ1) is 54.5. The van der Waals surface area contributed by atoms with Crippen molar-refractivity contribution in [3.8, 4) is 0 Å². The summed E-state index contributed by atoms with van der Waals surface area (Å²) >= 11 is 0.